The quantitative estimate of drug-likeness (QED) is 0.168. The lowest BCUT2D eigenvalue weighted by Gasteiger charge is -2.45. The number of nitrogens with one attached hydrogen (secondary N) is 2. The second-order valence-corrected chi connectivity index (χ2v) is 12.3. The second kappa shape index (κ2) is 18.7. The molecule has 1 aliphatic rings. The van der Waals surface area contributed by atoms with Gasteiger partial charge in [0, 0.05) is 17.3 Å². The number of ether oxygens (including phenoxy) is 6. The minimum atomic E-state index is -1.10. The molecule has 0 unspecified atom stereocenters. The molecule has 260 valence electrons. The predicted molar refractivity (Wildman–Crippen MR) is 179 cm³/mol. The van der Waals surface area contributed by atoms with Crippen LogP contribution in [0.5, 0.6) is 0 Å². The Balaban J connectivity index is 1.58. The standard InChI is InChI=1S/C36H44ClFN2O8/c1-5-19-43-32-31(48-36(42)40-29-17-13-27(37)14-18-29)30(22-46-35(41)39-24(4)26-9-7-6-8-10-26)47-34(45-20-23(2)3)33(32)44-21-25-11-15-28(38)16-12-25/h6-18,23-24,30-34H,5,19-22H2,1-4H3,(H,39,41)(H,40,42)/t24-,30+,31+,32-,33+,34+/m0/s1. The SMILES string of the molecule is CCCO[C@@H]1[C@@H](OCc2ccc(F)cc2)[C@H](OCC(C)C)O[C@H](COC(=O)N[C@@H](C)c2ccccc2)[C@H]1OC(=O)Nc1ccc(Cl)cc1. The lowest BCUT2D eigenvalue weighted by molar-refractivity contribution is -0.318. The number of hydrogen-bond donors (Lipinski definition) is 2. The normalized spacial score (nSPS) is 21.4. The first-order valence-electron chi connectivity index (χ1n) is 16.1. The molecule has 48 heavy (non-hydrogen) atoms. The molecule has 4 rings (SSSR count). The van der Waals surface area contributed by atoms with Crippen molar-refractivity contribution < 1.29 is 42.4 Å². The van der Waals surface area contributed by atoms with Crippen LogP contribution < -0.4 is 10.6 Å². The zero-order valence-electron chi connectivity index (χ0n) is 27.6. The van der Waals surface area contributed by atoms with Gasteiger partial charge in [0.1, 0.15) is 30.7 Å². The van der Waals surface area contributed by atoms with Crippen molar-refractivity contribution in [1.82, 2.24) is 5.32 Å². The summed E-state index contributed by atoms with van der Waals surface area (Å²) in [5.74, 6) is -0.215. The Morgan fingerprint density at radius 1 is 0.875 bits per heavy atom. The zero-order chi connectivity index (χ0) is 34.5. The van der Waals surface area contributed by atoms with E-state index in [0.717, 1.165) is 5.56 Å². The number of carbonyl (C=O) groups is 2. The first kappa shape index (κ1) is 37.1. The molecule has 2 N–H and O–H groups in total. The van der Waals surface area contributed by atoms with Crippen LogP contribution in [-0.2, 0) is 35.0 Å². The summed E-state index contributed by atoms with van der Waals surface area (Å²) in [7, 11) is 0. The maximum Gasteiger partial charge on any atom is 0.412 e. The van der Waals surface area contributed by atoms with Crippen LogP contribution in [0.2, 0.25) is 5.02 Å². The van der Waals surface area contributed by atoms with Crippen molar-refractivity contribution in [2.75, 3.05) is 25.1 Å². The predicted octanol–water partition coefficient (Wildman–Crippen LogP) is 7.66. The van der Waals surface area contributed by atoms with Crippen LogP contribution in [0.3, 0.4) is 0 Å². The highest BCUT2D eigenvalue weighted by molar-refractivity contribution is 6.30. The van der Waals surface area contributed by atoms with E-state index in [2.05, 4.69) is 10.6 Å². The van der Waals surface area contributed by atoms with Crippen molar-refractivity contribution in [3.8, 4) is 0 Å². The minimum absolute atomic E-state index is 0.0759. The third kappa shape index (κ3) is 11.5. The largest absolute Gasteiger partial charge is 0.447 e. The van der Waals surface area contributed by atoms with Gasteiger partial charge in [0.15, 0.2) is 12.4 Å². The van der Waals surface area contributed by atoms with Gasteiger partial charge in [0.25, 0.3) is 0 Å². The molecule has 0 aliphatic carbocycles. The van der Waals surface area contributed by atoms with Gasteiger partial charge in [-0.1, -0.05) is 74.8 Å². The maximum atomic E-state index is 13.6. The van der Waals surface area contributed by atoms with E-state index in [1.165, 1.54) is 12.1 Å². The fraction of sp³-hybridized carbons (Fsp3) is 0.444. The first-order chi connectivity index (χ1) is 23.1. The lowest BCUT2D eigenvalue weighted by Crippen LogP contribution is -2.62. The van der Waals surface area contributed by atoms with Crippen LogP contribution in [0.25, 0.3) is 0 Å². The molecule has 0 aromatic heterocycles. The first-order valence-corrected chi connectivity index (χ1v) is 16.5. The lowest BCUT2D eigenvalue weighted by atomic mass is 9.98. The Morgan fingerprint density at radius 2 is 1.58 bits per heavy atom. The summed E-state index contributed by atoms with van der Waals surface area (Å²) >= 11 is 6.01. The molecule has 1 fully saturated rings. The average molecular weight is 687 g/mol. The number of carbonyl (C=O) groups excluding carboxylic acids is 2. The van der Waals surface area contributed by atoms with Crippen LogP contribution in [0, 0.1) is 11.7 Å². The number of hydrogen-bond acceptors (Lipinski definition) is 8. The van der Waals surface area contributed by atoms with Crippen LogP contribution in [0.4, 0.5) is 19.7 Å². The van der Waals surface area contributed by atoms with Crippen molar-refractivity contribution in [1.29, 1.82) is 0 Å². The van der Waals surface area contributed by atoms with E-state index in [9.17, 15) is 14.0 Å². The van der Waals surface area contributed by atoms with Crippen LogP contribution >= 0.6 is 11.6 Å². The smallest absolute Gasteiger partial charge is 0.412 e. The molecule has 0 saturated carbocycles. The summed E-state index contributed by atoms with van der Waals surface area (Å²) in [6.45, 7) is 8.20. The highest BCUT2D eigenvalue weighted by Gasteiger charge is 2.51. The Kier molecular flexibility index (Phi) is 14.5. The second-order valence-electron chi connectivity index (χ2n) is 11.9. The Hall–Kier alpha value is -3.74. The molecule has 1 aliphatic heterocycles. The summed E-state index contributed by atoms with van der Waals surface area (Å²) in [5.41, 5.74) is 2.07. The third-order valence-corrected chi connectivity index (χ3v) is 7.65. The summed E-state index contributed by atoms with van der Waals surface area (Å²) < 4.78 is 50.4. The molecule has 3 aromatic carbocycles. The highest BCUT2D eigenvalue weighted by atomic mass is 35.5. The Labute approximate surface area is 286 Å². The fourth-order valence-electron chi connectivity index (χ4n) is 4.97. The topological polar surface area (TPSA) is 114 Å². The molecule has 1 saturated heterocycles. The number of anilines is 1. The van der Waals surface area contributed by atoms with Gasteiger partial charge in [0.05, 0.1) is 19.3 Å². The monoisotopic (exact) mass is 686 g/mol. The maximum absolute atomic E-state index is 13.6. The van der Waals surface area contributed by atoms with Crippen molar-refractivity contribution in [2.45, 2.75) is 77.5 Å². The summed E-state index contributed by atoms with van der Waals surface area (Å²) in [6, 6.07) is 21.6. The molecule has 1 heterocycles. The fourth-order valence-corrected chi connectivity index (χ4v) is 5.10. The average Bonchev–Trinajstić information content (AvgIpc) is 3.07. The summed E-state index contributed by atoms with van der Waals surface area (Å²) in [5, 5.41) is 6.02. The van der Waals surface area contributed by atoms with Crippen molar-refractivity contribution >= 4 is 29.5 Å². The van der Waals surface area contributed by atoms with Gasteiger partial charge in [-0.2, -0.15) is 0 Å². The van der Waals surface area contributed by atoms with Gasteiger partial charge in [-0.05, 0) is 66.8 Å². The summed E-state index contributed by atoms with van der Waals surface area (Å²) in [4.78, 5) is 26.2. The van der Waals surface area contributed by atoms with Gasteiger partial charge in [0.2, 0.25) is 0 Å². The van der Waals surface area contributed by atoms with E-state index in [4.69, 9.17) is 40.0 Å². The van der Waals surface area contributed by atoms with Crippen molar-refractivity contribution in [3.63, 3.8) is 0 Å². The molecule has 6 atom stereocenters. The van der Waals surface area contributed by atoms with E-state index in [-0.39, 0.29) is 31.0 Å². The van der Waals surface area contributed by atoms with Gasteiger partial charge >= 0.3 is 12.2 Å². The summed E-state index contributed by atoms with van der Waals surface area (Å²) in [6.07, 6.45) is -5.66. The molecule has 0 bridgehead atoms. The zero-order valence-corrected chi connectivity index (χ0v) is 28.4. The van der Waals surface area contributed by atoms with Crippen LogP contribution in [-0.4, -0.2) is 62.7 Å². The van der Waals surface area contributed by atoms with E-state index in [1.807, 2.05) is 58.0 Å². The van der Waals surface area contributed by atoms with Gasteiger partial charge in [-0.15, -0.1) is 0 Å². The molecule has 0 spiro atoms. The molecule has 10 nitrogen and oxygen atoms in total. The molecule has 0 radical (unpaired) electrons. The number of halogens is 2. The molecular formula is C36H44ClFN2O8. The highest BCUT2D eigenvalue weighted by Crippen LogP contribution is 2.31. The Bertz CT molecular complexity index is 1410. The molecule has 2 amide bonds. The molecule has 12 heteroatoms. The number of amides is 2. The minimum Gasteiger partial charge on any atom is -0.447 e. The molecular weight excluding hydrogens is 643 g/mol. The number of benzene rings is 3. The van der Waals surface area contributed by atoms with E-state index in [1.54, 1.807) is 36.4 Å². The van der Waals surface area contributed by atoms with Crippen LogP contribution in [0.1, 0.15) is 51.3 Å². The van der Waals surface area contributed by atoms with Crippen molar-refractivity contribution in [2.24, 2.45) is 5.92 Å². The van der Waals surface area contributed by atoms with Gasteiger partial charge in [-0.3, -0.25) is 5.32 Å². The van der Waals surface area contributed by atoms with Gasteiger partial charge < -0.3 is 33.7 Å². The number of rotatable bonds is 15. The van der Waals surface area contributed by atoms with E-state index < -0.39 is 42.9 Å². The van der Waals surface area contributed by atoms with Crippen LogP contribution in [0.15, 0.2) is 78.9 Å². The third-order valence-electron chi connectivity index (χ3n) is 7.40. The number of alkyl carbamates (subject to hydrolysis) is 1. The Morgan fingerprint density at radius 3 is 2.25 bits per heavy atom. The van der Waals surface area contributed by atoms with E-state index in [0.29, 0.717) is 35.9 Å². The van der Waals surface area contributed by atoms with Crippen molar-refractivity contribution in [3.05, 3.63) is 101 Å². The molecule has 3 aromatic rings. The van der Waals surface area contributed by atoms with E-state index >= 15 is 0 Å². The van der Waals surface area contributed by atoms with Gasteiger partial charge in [-0.25, -0.2) is 14.0 Å².